The van der Waals surface area contributed by atoms with E-state index < -0.39 is 16.1 Å². The molecule has 0 spiro atoms. The molecule has 0 unspecified atom stereocenters. The summed E-state index contributed by atoms with van der Waals surface area (Å²) in [6.45, 7) is 2.25. The first-order valence-corrected chi connectivity index (χ1v) is 7.08. The van der Waals surface area contributed by atoms with Crippen molar-refractivity contribution in [3.8, 4) is 0 Å². The molecule has 8 heteroatoms. The zero-order chi connectivity index (χ0) is 13.8. The Morgan fingerprint density at radius 2 is 2.11 bits per heavy atom. The van der Waals surface area contributed by atoms with E-state index >= 15 is 0 Å². The third-order valence-electron chi connectivity index (χ3n) is 2.04. The number of hydrogen-bond acceptors (Lipinski definition) is 4. The predicted molar refractivity (Wildman–Crippen MR) is 69.9 cm³/mol. The molecule has 0 aliphatic carbocycles. The summed E-state index contributed by atoms with van der Waals surface area (Å²) in [4.78, 5) is 11.2. The van der Waals surface area contributed by atoms with Crippen molar-refractivity contribution in [2.45, 2.75) is 18.2 Å². The lowest BCUT2D eigenvalue weighted by Gasteiger charge is -2.08. The fourth-order valence-corrected chi connectivity index (χ4v) is 2.23. The molecule has 1 aromatic rings. The van der Waals surface area contributed by atoms with Crippen LogP contribution in [0.15, 0.2) is 23.1 Å². The molecule has 0 saturated carbocycles. The predicted octanol–water partition coefficient (Wildman–Crippen LogP) is 1.32. The molecule has 0 saturated heterocycles. The summed E-state index contributed by atoms with van der Waals surface area (Å²) in [6.07, 6.45) is 0.710. The number of nitrogens with one attached hydrogen (secondary N) is 2. The second-order valence-electron chi connectivity index (χ2n) is 3.54. The van der Waals surface area contributed by atoms with Crippen molar-refractivity contribution in [3.05, 3.63) is 23.2 Å². The Kier molecular flexibility index (Phi) is 4.80. The highest BCUT2D eigenvalue weighted by Gasteiger charge is 2.17. The summed E-state index contributed by atoms with van der Waals surface area (Å²) in [5, 5.41) is 2.65. The molecular formula is C10H14ClN3O3S. The van der Waals surface area contributed by atoms with Crippen LogP contribution in [0.1, 0.15) is 13.3 Å². The van der Waals surface area contributed by atoms with Crippen molar-refractivity contribution in [2.75, 3.05) is 12.3 Å². The van der Waals surface area contributed by atoms with Crippen LogP contribution in [-0.4, -0.2) is 21.0 Å². The molecule has 0 aromatic heterocycles. The molecule has 0 bridgehead atoms. The Balaban J connectivity index is 2.86. The molecule has 0 aliphatic rings. The number of urea groups is 1. The highest BCUT2D eigenvalue weighted by molar-refractivity contribution is 7.90. The second-order valence-corrected chi connectivity index (χ2v) is 5.63. The minimum atomic E-state index is -3.93. The Hall–Kier alpha value is -1.47. The van der Waals surface area contributed by atoms with E-state index in [1.54, 1.807) is 0 Å². The second kappa shape index (κ2) is 5.92. The van der Waals surface area contributed by atoms with Gasteiger partial charge in [-0.05, 0) is 24.6 Å². The lowest BCUT2D eigenvalue weighted by molar-refractivity contribution is 0.246. The maximum absolute atomic E-state index is 11.8. The fraction of sp³-hybridized carbons (Fsp3) is 0.300. The highest BCUT2D eigenvalue weighted by Crippen LogP contribution is 2.21. The Morgan fingerprint density at radius 3 is 2.67 bits per heavy atom. The van der Waals surface area contributed by atoms with Gasteiger partial charge in [0.2, 0.25) is 0 Å². The summed E-state index contributed by atoms with van der Waals surface area (Å²) >= 11 is 5.69. The van der Waals surface area contributed by atoms with Crippen LogP contribution in [0.3, 0.4) is 0 Å². The third kappa shape index (κ3) is 3.78. The van der Waals surface area contributed by atoms with E-state index in [9.17, 15) is 13.2 Å². The first kappa shape index (κ1) is 14.6. The normalized spacial score (nSPS) is 11.0. The molecule has 4 N–H and O–H groups in total. The molecule has 1 rings (SSSR count). The summed E-state index contributed by atoms with van der Waals surface area (Å²) < 4.78 is 25.5. The molecule has 18 heavy (non-hydrogen) atoms. The molecule has 0 radical (unpaired) electrons. The maximum atomic E-state index is 11.8. The van der Waals surface area contributed by atoms with Gasteiger partial charge in [0.25, 0.3) is 10.0 Å². The monoisotopic (exact) mass is 291 g/mol. The lowest BCUT2D eigenvalue weighted by Crippen LogP contribution is -2.39. The number of halogens is 1. The Bertz CT molecular complexity index is 545. The number of nitrogens with two attached hydrogens (primary N) is 1. The van der Waals surface area contributed by atoms with Gasteiger partial charge in [0, 0.05) is 6.54 Å². The first-order chi connectivity index (χ1) is 8.36. The number of anilines is 1. The smallest absolute Gasteiger partial charge is 0.328 e. The van der Waals surface area contributed by atoms with Gasteiger partial charge in [0.1, 0.15) is 0 Å². The van der Waals surface area contributed by atoms with Gasteiger partial charge in [-0.15, -0.1) is 0 Å². The number of benzene rings is 1. The van der Waals surface area contributed by atoms with Gasteiger partial charge in [-0.3, -0.25) is 0 Å². The topological polar surface area (TPSA) is 101 Å². The molecule has 100 valence electrons. The quantitative estimate of drug-likeness (QED) is 0.728. The van der Waals surface area contributed by atoms with Gasteiger partial charge >= 0.3 is 6.03 Å². The molecular weight excluding hydrogens is 278 g/mol. The number of amides is 2. The van der Waals surface area contributed by atoms with E-state index in [0.717, 1.165) is 0 Å². The highest BCUT2D eigenvalue weighted by atomic mass is 35.5. The number of carbonyl (C=O) groups is 1. The minimum absolute atomic E-state index is 0.115. The molecule has 6 nitrogen and oxygen atoms in total. The lowest BCUT2D eigenvalue weighted by atomic mass is 10.3. The van der Waals surface area contributed by atoms with Crippen LogP contribution in [0.5, 0.6) is 0 Å². The Labute approximate surface area is 111 Å². The van der Waals surface area contributed by atoms with Crippen LogP contribution in [0.25, 0.3) is 0 Å². The standard InChI is InChI=1S/C10H14ClN3O3S/c1-2-5-13-10(15)14-18(16,17)7-3-4-8(11)9(12)6-7/h3-4,6H,2,5,12H2,1H3,(H2,13,14,15). The zero-order valence-electron chi connectivity index (χ0n) is 9.73. The van der Waals surface area contributed by atoms with Crippen molar-refractivity contribution in [3.63, 3.8) is 0 Å². The third-order valence-corrected chi connectivity index (χ3v) is 3.71. The van der Waals surface area contributed by atoms with Crippen LogP contribution in [0, 0.1) is 0 Å². The fourth-order valence-electron chi connectivity index (χ4n) is 1.14. The van der Waals surface area contributed by atoms with Crippen molar-refractivity contribution in [1.29, 1.82) is 0 Å². The van der Waals surface area contributed by atoms with Crippen molar-refractivity contribution < 1.29 is 13.2 Å². The van der Waals surface area contributed by atoms with Crippen LogP contribution in [0.4, 0.5) is 10.5 Å². The number of sulfonamides is 1. The van der Waals surface area contributed by atoms with Gasteiger partial charge in [0.15, 0.2) is 0 Å². The average Bonchev–Trinajstić information content (AvgIpc) is 2.29. The van der Waals surface area contributed by atoms with Gasteiger partial charge < -0.3 is 11.1 Å². The van der Waals surface area contributed by atoms with Gasteiger partial charge in [0.05, 0.1) is 15.6 Å². The molecule has 0 fully saturated rings. The van der Waals surface area contributed by atoms with E-state index in [0.29, 0.717) is 13.0 Å². The van der Waals surface area contributed by atoms with Gasteiger partial charge in [-0.1, -0.05) is 18.5 Å². The molecule has 1 aromatic carbocycles. The summed E-state index contributed by atoms with van der Waals surface area (Å²) in [5.41, 5.74) is 5.64. The molecule has 0 aliphatic heterocycles. The molecule has 0 atom stereocenters. The number of carbonyl (C=O) groups excluding carboxylic acids is 1. The van der Waals surface area contributed by atoms with Crippen molar-refractivity contribution in [2.24, 2.45) is 0 Å². The van der Waals surface area contributed by atoms with Gasteiger partial charge in [-0.25, -0.2) is 17.9 Å². The van der Waals surface area contributed by atoms with Crippen LogP contribution >= 0.6 is 11.6 Å². The van der Waals surface area contributed by atoms with Crippen LogP contribution in [-0.2, 0) is 10.0 Å². The van der Waals surface area contributed by atoms with E-state index in [2.05, 4.69) is 5.32 Å². The van der Waals surface area contributed by atoms with Crippen LogP contribution in [0.2, 0.25) is 5.02 Å². The first-order valence-electron chi connectivity index (χ1n) is 5.22. The zero-order valence-corrected chi connectivity index (χ0v) is 11.3. The van der Waals surface area contributed by atoms with Gasteiger partial charge in [-0.2, -0.15) is 0 Å². The average molecular weight is 292 g/mol. The van der Waals surface area contributed by atoms with E-state index in [1.165, 1.54) is 18.2 Å². The summed E-state index contributed by atoms with van der Waals surface area (Å²) in [7, 11) is -3.93. The number of nitrogen functional groups attached to an aromatic ring is 1. The van der Waals surface area contributed by atoms with E-state index in [-0.39, 0.29) is 15.6 Å². The molecule has 2 amide bonds. The Morgan fingerprint density at radius 1 is 1.44 bits per heavy atom. The summed E-state index contributed by atoms with van der Waals surface area (Å²) in [5.74, 6) is 0. The van der Waals surface area contributed by atoms with Crippen LogP contribution < -0.4 is 15.8 Å². The van der Waals surface area contributed by atoms with E-state index in [4.69, 9.17) is 17.3 Å². The van der Waals surface area contributed by atoms with E-state index in [1.807, 2.05) is 11.6 Å². The molecule has 0 heterocycles. The minimum Gasteiger partial charge on any atom is -0.397 e. The van der Waals surface area contributed by atoms with Crippen molar-refractivity contribution >= 4 is 33.3 Å². The maximum Gasteiger partial charge on any atom is 0.328 e. The largest absolute Gasteiger partial charge is 0.397 e. The SMILES string of the molecule is CCCNC(=O)NS(=O)(=O)c1ccc(Cl)c(N)c1. The number of rotatable bonds is 4. The summed E-state index contributed by atoms with van der Waals surface area (Å²) in [6, 6.07) is 3.05. The van der Waals surface area contributed by atoms with Crippen molar-refractivity contribution in [1.82, 2.24) is 10.0 Å². The number of hydrogen-bond donors (Lipinski definition) is 3.